The molecule has 20 heavy (non-hydrogen) atoms. The van der Waals surface area contributed by atoms with Crippen molar-refractivity contribution in [3.63, 3.8) is 0 Å². The van der Waals surface area contributed by atoms with E-state index in [1.807, 2.05) is 0 Å². The molecule has 6 heteroatoms. The largest absolute Gasteiger partial charge is 0.500 e. The predicted octanol–water partition coefficient (Wildman–Crippen LogP) is 2.50. The second-order valence-electron chi connectivity index (χ2n) is 4.70. The van der Waals surface area contributed by atoms with Crippen molar-refractivity contribution in [1.82, 2.24) is 5.32 Å². The van der Waals surface area contributed by atoms with Crippen LogP contribution in [0.2, 0.25) is 6.04 Å². The monoisotopic (exact) mass is 304 g/mol. The molecule has 0 unspecified atom stereocenters. The van der Waals surface area contributed by atoms with E-state index in [0.29, 0.717) is 0 Å². The number of hydrogen-bond donors (Lipinski definition) is 1. The summed E-state index contributed by atoms with van der Waals surface area (Å²) in [6.07, 6.45) is 4.36. The molecule has 0 aliphatic heterocycles. The first-order valence-corrected chi connectivity index (χ1v) is 9.49. The maximum Gasteiger partial charge on any atom is 0.500 e. The smallest absolute Gasteiger partial charge is 0.377 e. The molecule has 120 valence electrons. The second-order valence-corrected chi connectivity index (χ2v) is 7.79. The SMILES string of the molecule is CCCC(CC)=NCCNCCC[Si](OC)(OC)OC. The third-order valence-corrected chi connectivity index (χ3v) is 6.17. The lowest BCUT2D eigenvalue weighted by Gasteiger charge is -2.24. The number of nitrogens with zero attached hydrogens (tertiary/aromatic N) is 1. The zero-order chi connectivity index (χ0) is 15.3. The van der Waals surface area contributed by atoms with Crippen LogP contribution in [0.25, 0.3) is 0 Å². The average Bonchev–Trinajstić information content (AvgIpc) is 2.49. The Morgan fingerprint density at radius 1 is 1.05 bits per heavy atom. The number of hydrogen-bond acceptors (Lipinski definition) is 5. The zero-order valence-electron chi connectivity index (χ0n) is 13.8. The third kappa shape index (κ3) is 8.11. The van der Waals surface area contributed by atoms with Gasteiger partial charge in [-0.15, -0.1) is 0 Å². The molecule has 0 aliphatic rings. The van der Waals surface area contributed by atoms with E-state index >= 15 is 0 Å². The Balaban J connectivity index is 3.72. The fourth-order valence-corrected chi connectivity index (χ4v) is 3.78. The Morgan fingerprint density at radius 3 is 2.20 bits per heavy atom. The minimum Gasteiger partial charge on any atom is -0.377 e. The van der Waals surface area contributed by atoms with E-state index in [0.717, 1.165) is 44.9 Å². The minimum absolute atomic E-state index is 0.836. The van der Waals surface area contributed by atoms with Gasteiger partial charge in [-0.3, -0.25) is 4.99 Å². The molecular formula is C14H32N2O3Si. The topological polar surface area (TPSA) is 52.1 Å². The zero-order valence-corrected chi connectivity index (χ0v) is 14.8. The van der Waals surface area contributed by atoms with Gasteiger partial charge in [0.15, 0.2) is 0 Å². The summed E-state index contributed by atoms with van der Waals surface area (Å²) in [5.74, 6) is 0. The molecule has 0 bridgehead atoms. The molecule has 0 aromatic rings. The van der Waals surface area contributed by atoms with Crippen LogP contribution in [-0.4, -0.2) is 55.5 Å². The van der Waals surface area contributed by atoms with E-state index in [9.17, 15) is 0 Å². The highest BCUT2D eigenvalue weighted by Gasteiger charge is 2.36. The van der Waals surface area contributed by atoms with Crippen molar-refractivity contribution in [1.29, 1.82) is 0 Å². The van der Waals surface area contributed by atoms with Crippen molar-refractivity contribution >= 4 is 14.5 Å². The van der Waals surface area contributed by atoms with Gasteiger partial charge >= 0.3 is 8.80 Å². The molecule has 0 spiro atoms. The first-order chi connectivity index (χ1) is 9.67. The highest BCUT2D eigenvalue weighted by atomic mass is 28.4. The predicted molar refractivity (Wildman–Crippen MR) is 86.6 cm³/mol. The van der Waals surface area contributed by atoms with Crippen LogP contribution in [0.3, 0.4) is 0 Å². The molecule has 0 atom stereocenters. The fourth-order valence-electron chi connectivity index (χ4n) is 2.06. The summed E-state index contributed by atoms with van der Waals surface area (Å²) in [4.78, 5) is 4.62. The molecule has 1 N–H and O–H groups in total. The van der Waals surface area contributed by atoms with Crippen molar-refractivity contribution < 1.29 is 13.3 Å². The second kappa shape index (κ2) is 12.5. The quantitative estimate of drug-likeness (QED) is 0.323. The molecule has 0 amide bonds. The highest BCUT2D eigenvalue weighted by molar-refractivity contribution is 6.60. The lowest BCUT2D eigenvalue weighted by molar-refractivity contribution is 0.123. The van der Waals surface area contributed by atoms with Crippen LogP contribution < -0.4 is 5.32 Å². The van der Waals surface area contributed by atoms with E-state index in [4.69, 9.17) is 13.3 Å². The van der Waals surface area contributed by atoms with Gasteiger partial charge in [-0.2, -0.15) is 0 Å². The molecule has 0 saturated heterocycles. The summed E-state index contributed by atoms with van der Waals surface area (Å²) >= 11 is 0. The Bertz CT molecular complexity index is 251. The summed E-state index contributed by atoms with van der Waals surface area (Å²) in [5.41, 5.74) is 1.33. The van der Waals surface area contributed by atoms with Crippen LogP contribution in [0.1, 0.15) is 39.5 Å². The van der Waals surface area contributed by atoms with Crippen LogP contribution in [0.5, 0.6) is 0 Å². The molecule has 5 nitrogen and oxygen atoms in total. The maximum atomic E-state index is 5.38. The first-order valence-electron chi connectivity index (χ1n) is 7.56. The van der Waals surface area contributed by atoms with Crippen molar-refractivity contribution in [3.8, 4) is 0 Å². The van der Waals surface area contributed by atoms with Crippen molar-refractivity contribution in [2.75, 3.05) is 41.0 Å². The van der Waals surface area contributed by atoms with Crippen LogP contribution >= 0.6 is 0 Å². The lowest BCUT2D eigenvalue weighted by Crippen LogP contribution is -2.43. The molecule has 0 radical (unpaired) electrons. The van der Waals surface area contributed by atoms with Gasteiger partial charge in [0, 0.05) is 39.6 Å². The van der Waals surface area contributed by atoms with E-state index in [2.05, 4.69) is 24.2 Å². The van der Waals surface area contributed by atoms with Crippen LogP contribution in [0, 0.1) is 0 Å². The van der Waals surface area contributed by atoms with Crippen LogP contribution in [0.15, 0.2) is 4.99 Å². The molecule has 0 saturated carbocycles. The Morgan fingerprint density at radius 2 is 1.70 bits per heavy atom. The molecule has 0 aromatic carbocycles. The van der Waals surface area contributed by atoms with E-state index in [1.54, 1.807) is 21.3 Å². The molecule has 0 heterocycles. The number of nitrogens with one attached hydrogen (secondary N) is 1. The Labute approximate surface area is 125 Å². The summed E-state index contributed by atoms with van der Waals surface area (Å²) in [6.45, 7) is 7.10. The fraction of sp³-hybridized carbons (Fsp3) is 0.929. The van der Waals surface area contributed by atoms with Gasteiger partial charge in [-0.05, 0) is 25.8 Å². The molecule has 0 rings (SSSR count). The average molecular weight is 305 g/mol. The Hall–Kier alpha value is -0.273. The van der Waals surface area contributed by atoms with Gasteiger partial charge in [0.25, 0.3) is 0 Å². The summed E-state index contributed by atoms with van der Waals surface area (Å²) < 4.78 is 16.1. The molecule has 0 aromatic heterocycles. The number of aliphatic imine (C=N–C) groups is 1. The Kier molecular flexibility index (Phi) is 12.3. The van der Waals surface area contributed by atoms with Gasteiger partial charge in [0.05, 0.1) is 6.54 Å². The number of rotatable bonds is 13. The van der Waals surface area contributed by atoms with Crippen molar-refractivity contribution in [2.24, 2.45) is 4.99 Å². The van der Waals surface area contributed by atoms with Crippen molar-refractivity contribution in [2.45, 2.75) is 45.6 Å². The normalized spacial score (nSPS) is 12.9. The van der Waals surface area contributed by atoms with Gasteiger partial charge in [-0.25, -0.2) is 0 Å². The van der Waals surface area contributed by atoms with Gasteiger partial charge in [-0.1, -0.05) is 20.3 Å². The van der Waals surface area contributed by atoms with Gasteiger partial charge in [0.2, 0.25) is 0 Å². The summed E-state index contributed by atoms with van der Waals surface area (Å²) in [7, 11) is 2.57. The molecule has 0 aliphatic carbocycles. The third-order valence-electron chi connectivity index (χ3n) is 3.34. The summed E-state index contributed by atoms with van der Waals surface area (Å²) in [6, 6.07) is 0.836. The lowest BCUT2D eigenvalue weighted by atomic mass is 10.2. The first kappa shape index (κ1) is 19.7. The van der Waals surface area contributed by atoms with Crippen LogP contribution in [-0.2, 0) is 13.3 Å². The van der Waals surface area contributed by atoms with E-state index < -0.39 is 8.80 Å². The summed E-state index contributed by atoms with van der Waals surface area (Å²) in [5, 5.41) is 3.40. The molecule has 0 fully saturated rings. The maximum absolute atomic E-state index is 5.38. The van der Waals surface area contributed by atoms with E-state index in [1.165, 1.54) is 12.1 Å². The standard InChI is InChI=1S/C14H32N2O3Si/c1-6-9-14(7-2)16-12-11-15-10-8-13-20(17-3,18-4)19-5/h15H,6-13H2,1-5H3. The van der Waals surface area contributed by atoms with Gasteiger partial charge < -0.3 is 18.6 Å². The van der Waals surface area contributed by atoms with Crippen molar-refractivity contribution in [3.05, 3.63) is 0 Å². The van der Waals surface area contributed by atoms with Gasteiger partial charge in [0.1, 0.15) is 0 Å². The van der Waals surface area contributed by atoms with E-state index in [-0.39, 0.29) is 0 Å². The van der Waals surface area contributed by atoms with Crippen LogP contribution in [0.4, 0.5) is 0 Å². The molecular weight excluding hydrogens is 272 g/mol. The highest BCUT2D eigenvalue weighted by Crippen LogP contribution is 2.14. The minimum atomic E-state index is -2.39.